The smallest absolute Gasteiger partial charge is 0.126 e. The number of anilines is 1. The fourth-order valence-electron chi connectivity index (χ4n) is 1.79. The van der Waals surface area contributed by atoms with Gasteiger partial charge in [-0.25, -0.2) is 0 Å². The highest BCUT2D eigenvalue weighted by Crippen LogP contribution is 2.29. The average molecular weight is 250 g/mol. The van der Waals surface area contributed by atoms with Gasteiger partial charge in [-0.3, -0.25) is 0 Å². The number of para-hydroxylation sites is 1. The summed E-state index contributed by atoms with van der Waals surface area (Å²) in [6.07, 6.45) is 0. The van der Waals surface area contributed by atoms with Gasteiger partial charge in [-0.15, -0.1) is 0 Å². The maximum absolute atomic E-state index is 6.17. The summed E-state index contributed by atoms with van der Waals surface area (Å²) < 4.78 is 5.59. The summed E-state index contributed by atoms with van der Waals surface area (Å²) in [5, 5.41) is 4.12. The van der Waals surface area contributed by atoms with Gasteiger partial charge >= 0.3 is 0 Å². The zero-order chi connectivity index (χ0) is 12.4. The first-order valence-electron chi connectivity index (χ1n) is 5.66. The van der Waals surface area contributed by atoms with Crippen molar-refractivity contribution in [2.24, 2.45) is 0 Å². The number of rotatable bonds is 3. The molecule has 0 aliphatic heterocycles. The number of hydrogen-bond donors (Lipinski definition) is 1. The van der Waals surface area contributed by atoms with Crippen LogP contribution in [0.3, 0.4) is 0 Å². The standard InChI is InChI=1S/C14H16ClNO/c1-9-5-4-6-12(15)14(9)16-11(3)13-8-7-10(2)17-13/h4-8,11,16H,1-3H3. The second kappa shape index (κ2) is 4.84. The second-order valence-corrected chi connectivity index (χ2v) is 4.65. The monoisotopic (exact) mass is 249 g/mol. The molecule has 17 heavy (non-hydrogen) atoms. The molecule has 90 valence electrons. The van der Waals surface area contributed by atoms with Crippen LogP contribution in [0.5, 0.6) is 0 Å². The van der Waals surface area contributed by atoms with E-state index in [1.807, 2.05) is 44.2 Å². The van der Waals surface area contributed by atoms with Gasteiger partial charge in [-0.2, -0.15) is 0 Å². The average Bonchev–Trinajstić information content (AvgIpc) is 2.70. The lowest BCUT2D eigenvalue weighted by Crippen LogP contribution is -2.07. The van der Waals surface area contributed by atoms with Crippen molar-refractivity contribution in [1.82, 2.24) is 0 Å². The molecule has 0 bridgehead atoms. The quantitative estimate of drug-likeness (QED) is 0.851. The number of hydrogen-bond acceptors (Lipinski definition) is 2. The van der Waals surface area contributed by atoms with Gasteiger partial charge in [0.2, 0.25) is 0 Å². The molecule has 1 aromatic carbocycles. The van der Waals surface area contributed by atoms with Crippen LogP contribution in [0.25, 0.3) is 0 Å². The van der Waals surface area contributed by atoms with E-state index in [1.54, 1.807) is 0 Å². The predicted octanol–water partition coefficient (Wildman–Crippen LogP) is 4.72. The minimum Gasteiger partial charge on any atom is -0.464 e. The molecule has 2 aromatic rings. The molecule has 1 heterocycles. The van der Waals surface area contributed by atoms with Crippen LogP contribution in [-0.2, 0) is 0 Å². The molecule has 0 saturated heterocycles. The fraction of sp³-hybridized carbons (Fsp3) is 0.286. The lowest BCUT2D eigenvalue weighted by molar-refractivity contribution is 0.467. The number of aryl methyl sites for hydroxylation is 2. The summed E-state index contributed by atoms with van der Waals surface area (Å²) in [5.74, 6) is 1.84. The Hall–Kier alpha value is -1.41. The maximum Gasteiger partial charge on any atom is 0.126 e. The topological polar surface area (TPSA) is 25.2 Å². The third-order valence-electron chi connectivity index (χ3n) is 2.77. The zero-order valence-corrected chi connectivity index (χ0v) is 11.0. The summed E-state index contributed by atoms with van der Waals surface area (Å²) in [5.41, 5.74) is 2.10. The van der Waals surface area contributed by atoms with Crippen molar-refractivity contribution in [3.63, 3.8) is 0 Å². The van der Waals surface area contributed by atoms with Crippen molar-refractivity contribution >= 4 is 17.3 Å². The van der Waals surface area contributed by atoms with Gasteiger partial charge in [0, 0.05) is 0 Å². The zero-order valence-electron chi connectivity index (χ0n) is 10.3. The molecule has 2 rings (SSSR count). The van der Waals surface area contributed by atoms with Crippen LogP contribution >= 0.6 is 11.6 Å². The van der Waals surface area contributed by atoms with E-state index >= 15 is 0 Å². The molecule has 3 heteroatoms. The second-order valence-electron chi connectivity index (χ2n) is 4.25. The third kappa shape index (κ3) is 2.64. The Bertz CT molecular complexity index is 498. The van der Waals surface area contributed by atoms with Gasteiger partial charge in [0.25, 0.3) is 0 Å². The van der Waals surface area contributed by atoms with Crippen molar-refractivity contribution in [1.29, 1.82) is 0 Å². The Morgan fingerprint density at radius 3 is 2.53 bits per heavy atom. The molecular weight excluding hydrogens is 234 g/mol. The normalized spacial score (nSPS) is 12.5. The van der Waals surface area contributed by atoms with E-state index < -0.39 is 0 Å². The molecule has 0 aliphatic carbocycles. The van der Waals surface area contributed by atoms with Crippen LogP contribution in [0.1, 0.15) is 30.0 Å². The highest BCUT2D eigenvalue weighted by Gasteiger charge is 2.12. The molecule has 0 spiro atoms. The van der Waals surface area contributed by atoms with Gasteiger partial charge < -0.3 is 9.73 Å². The van der Waals surface area contributed by atoms with Crippen molar-refractivity contribution in [3.05, 3.63) is 52.4 Å². The van der Waals surface area contributed by atoms with Crippen LogP contribution in [0.15, 0.2) is 34.7 Å². The van der Waals surface area contributed by atoms with Gasteiger partial charge in [0.05, 0.1) is 16.8 Å². The SMILES string of the molecule is Cc1ccc(C(C)Nc2c(C)cccc2Cl)o1. The van der Waals surface area contributed by atoms with Crippen LogP contribution in [0.4, 0.5) is 5.69 Å². The molecule has 1 N–H and O–H groups in total. The molecule has 0 amide bonds. The first-order valence-corrected chi connectivity index (χ1v) is 6.03. The Morgan fingerprint density at radius 2 is 1.94 bits per heavy atom. The van der Waals surface area contributed by atoms with Gasteiger partial charge in [-0.1, -0.05) is 23.7 Å². The largest absolute Gasteiger partial charge is 0.464 e. The van der Waals surface area contributed by atoms with Crippen LogP contribution < -0.4 is 5.32 Å². The molecular formula is C14H16ClNO. The minimum atomic E-state index is 0.0994. The van der Waals surface area contributed by atoms with Crippen molar-refractivity contribution in [2.75, 3.05) is 5.32 Å². The van der Waals surface area contributed by atoms with E-state index in [-0.39, 0.29) is 6.04 Å². The number of benzene rings is 1. The van der Waals surface area contributed by atoms with E-state index in [2.05, 4.69) is 12.2 Å². The lowest BCUT2D eigenvalue weighted by Gasteiger charge is -2.16. The molecule has 2 nitrogen and oxygen atoms in total. The lowest BCUT2D eigenvalue weighted by atomic mass is 10.1. The van der Waals surface area contributed by atoms with E-state index in [0.717, 1.165) is 27.8 Å². The van der Waals surface area contributed by atoms with E-state index in [4.69, 9.17) is 16.0 Å². The van der Waals surface area contributed by atoms with E-state index in [1.165, 1.54) is 0 Å². The molecule has 1 unspecified atom stereocenters. The Balaban J connectivity index is 2.21. The Morgan fingerprint density at radius 1 is 1.18 bits per heavy atom. The number of furan rings is 1. The molecule has 1 atom stereocenters. The Labute approximate surface area is 107 Å². The molecule has 0 fully saturated rings. The van der Waals surface area contributed by atoms with Crippen molar-refractivity contribution < 1.29 is 4.42 Å². The minimum absolute atomic E-state index is 0.0994. The van der Waals surface area contributed by atoms with Crippen LogP contribution in [-0.4, -0.2) is 0 Å². The first-order chi connectivity index (χ1) is 8.08. The highest BCUT2D eigenvalue weighted by atomic mass is 35.5. The maximum atomic E-state index is 6.17. The van der Waals surface area contributed by atoms with Crippen LogP contribution in [0.2, 0.25) is 5.02 Å². The number of halogens is 1. The van der Waals surface area contributed by atoms with Gasteiger partial charge in [0.15, 0.2) is 0 Å². The predicted molar refractivity (Wildman–Crippen MR) is 71.7 cm³/mol. The summed E-state index contributed by atoms with van der Waals surface area (Å²) in [6, 6.07) is 9.92. The van der Waals surface area contributed by atoms with Crippen LogP contribution in [0, 0.1) is 13.8 Å². The van der Waals surface area contributed by atoms with E-state index in [0.29, 0.717) is 0 Å². The molecule has 0 aliphatic rings. The first kappa shape index (κ1) is 12.1. The van der Waals surface area contributed by atoms with Crippen molar-refractivity contribution in [2.45, 2.75) is 26.8 Å². The summed E-state index contributed by atoms with van der Waals surface area (Å²) in [4.78, 5) is 0. The molecule has 0 saturated carbocycles. The highest BCUT2D eigenvalue weighted by molar-refractivity contribution is 6.33. The molecule has 0 radical (unpaired) electrons. The molecule has 1 aromatic heterocycles. The summed E-state index contributed by atoms with van der Waals surface area (Å²) >= 11 is 6.17. The van der Waals surface area contributed by atoms with Gasteiger partial charge in [0.1, 0.15) is 11.5 Å². The summed E-state index contributed by atoms with van der Waals surface area (Å²) in [7, 11) is 0. The van der Waals surface area contributed by atoms with E-state index in [9.17, 15) is 0 Å². The van der Waals surface area contributed by atoms with Crippen molar-refractivity contribution in [3.8, 4) is 0 Å². The fourth-order valence-corrected chi connectivity index (χ4v) is 2.06. The van der Waals surface area contributed by atoms with Gasteiger partial charge in [-0.05, 0) is 44.5 Å². The Kier molecular flexibility index (Phi) is 3.43. The third-order valence-corrected chi connectivity index (χ3v) is 3.09. The summed E-state index contributed by atoms with van der Waals surface area (Å²) in [6.45, 7) is 6.03. The number of nitrogens with one attached hydrogen (secondary N) is 1.